The standard InChI is InChI=1S/C13H16N2OS/c1-9(17-2)8-14-13(16)12-7-10-5-3-4-6-11(10)15-12/h3-7,9,15H,8H2,1-2H3,(H,14,16). The van der Waals surface area contributed by atoms with Crippen LogP contribution in [-0.2, 0) is 0 Å². The highest BCUT2D eigenvalue weighted by atomic mass is 32.2. The molecule has 2 N–H and O–H groups in total. The van der Waals surface area contributed by atoms with Crippen molar-refractivity contribution in [2.45, 2.75) is 12.2 Å². The molecule has 90 valence electrons. The zero-order chi connectivity index (χ0) is 12.3. The summed E-state index contributed by atoms with van der Waals surface area (Å²) in [5, 5.41) is 4.42. The van der Waals surface area contributed by atoms with Gasteiger partial charge in [-0.15, -0.1) is 0 Å². The molecule has 2 rings (SSSR count). The first-order valence-electron chi connectivity index (χ1n) is 5.59. The molecule has 0 aliphatic carbocycles. The fourth-order valence-corrected chi connectivity index (χ4v) is 1.86. The second-order valence-corrected chi connectivity index (χ2v) is 5.30. The van der Waals surface area contributed by atoms with Crippen LogP contribution in [0.25, 0.3) is 10.9 Å². The summed E-state index contributed by atoms with van der Waals surface area (Å²) in [6, 6.07) is 9.77. The first-order valence-corrected chi connectivity index (χ1v) is 6.88. The van der Waals surface area contributed by atoms with E-state index in [1.165, 1.54) is 0 Å². The Labute approximate surface area is 105 Å². The van der Waals surface area contributed by atoms with Crippen molar-refractivity contribution < 1.29 is 4.79 Å². The lowest BCUT2D eigenvalue weighted by atomic mass is 10.2. The van der Waals surface area contributed by atoms with Crippen LogP contribution < -0.4 is 5.32 Å². The molecule has 0 saturated carbocycles. The third-order valence-electron chi connectivity index (χ3n) is 2.73. The predicted molar refractivity (Wildman–Crippen MR) is 73.6 cm³/mol. The molecule has 0 aliphatic heterocycles. The number of carbonyl (C=O) groups is 1. The van der Waals surface area contributed by atoms with E-state index < -0.39 is 0 Å². The molecule has 2 aromatic rings. The Morgan fingerprint density at radius 1 is 1.47 bits per heavy atom. The van der Waals surface area contributed by atoms with Gasteiger partial charge in [0.25, 0.3) is 5.91 Å². The van der Waals surface area contributed by atoms with Crippen molar-refractivity contribution in [3.63, 3.8) is 0 Å². The van der Waals surface area contributed by atoms with Gasteiger partial charge in [0.2, 0.25) is 0 Å². The van der Waals surface area contributed by atoms with Crippen LogP contribution in [0.3, 0.4) is 0 Å². The number of rotatable bonds is 4. The van der Waals surface area contributed by atoms with Gasteiger partial charge >= 0.3 is 0 Å². The van der Waals surface area contributed by atoms with Crippen LogP contribution in [0.1, 0.15) is 17.4 Å². The molecule has 3 nitrogen and oxygen atoms in total. The third kappa shape index (κ3) is 2.82. The van der Waals surface area contributed by atoms with E-state index in [9.17, 15) is 4.79 Å². The Balaban J connectivity index is 2.08. The lowest BCUT2D eigenvalue weighted by Gasteiger charge is -2.08. The summed E-state index contributed by atoms with van der Waals surface area (Å²) in [5.74, 6) is -0.0397. The van der Waals surface area contributed by atoms with Crippen molar-refractivity contribution in [3.8, 4) is 0 Å². The molecule has 1 unspecified atom stereocenters. The molecule has 1 heterocycles. The number of hydrogen-bond acceptors (Lipinski definition) is 2. The van der Waals surface area contributed by atoms with E-state index in [4.69, 9.17) is 0 Å². The van der Waals surface area contributed by atoms with E-state index in [-0.39, 0.29) is 5.91 Å². The summed E-state index contributed by atoms with van der Waals surface area (Å²) < 4.78 is 0. The summed E-state index contributed by atoms with van der Waals surface area (Å²) in [7, 11) is 0. The number of aromatic nitrogens is 1. The summed E-state index contributed by atoms with van der Waals surface area (Å²) >= 11 is 1.74. The summed E-state index contributed by atoms with van der Waals surface area (Å²) in [4.78, 5) is 15.0. The number of amides is 1. The normalized spacial score (nSPS) is 12.6. The molecule has 0 saturated heterocycles. The number of carbonyl (C=O) groups excluding carboxylic acids is 1. The largest absolute Gasteiger partial charge is 0.351 e. The van der Waals surface area contributed by atoms with Crippen LogP contribution in [0.15, 0.2) is 30.3 Å². The molecule has 4 heteroatoms. The van der Waals surface area contributed by atoms with Crippen molar-refractivity contribution in [1.29, 1.82) is 0 Å². The Morgan fingerprint density at radius 2 is 2.24 bits per heavy atom. The first-order chi connectivity index (χ1) is 8.20. The number of hydrogen-bond donors (Lipinski definition) is 2. The highest BCUT2D eigenvalue weighted by Gasteiger charge is 2.09. The summed E-state index contributed by atoms with van der Waals surface area (Å²) in [5.41, 5.74) is 1.62. The maximum atomic E-state index is 11.9. The number of thioether (sulfide) groups is 1. The minimum atomic E-state index is -0.0397. The van der Waals surface area contributed by atoms with Crippen molar-refractivity contribution in [2.24, 2.45) is 0 Å². The van der Waals surface area contributed by atoms with Gasteiger partial charge in [0, 0.05) is 22.7 Å². The molecule has 1 atom stereocenters. The number of benzene rings is 1. The molecule has 0 bridgehead atoms. The predicted octanol–water partition coefficient (Wildman–Crippen LogP) is 2.65. The van der Waals surface area contributed by atoms with Crippen molar-refractivity contribution >= 4 is 28.6 Å². The van der Waals surface area contributed by atoms with E-state index in [2.05, 4.69) is 17.2 Å². The number of fused-ring (bicyclic) bond motifs is 1. The lowest BCUT2D eigenvalue weighted by Crippen LogP contribution is -2.29. The Morgan fingerprint density at radius 3 is 2.94 bits per heavy atom. The molecule has 1 aromatic heterocycles. The highest BCUT2D eigenvalue weighted by Crippen LogP contribution is 2.14. The molecule has 0 aliphatic rings. The van der Waals surface area contributed by atoms with Crippen LogP contribution in [0, 0.1) is 0 Å². The van der Waals surface area contributed by atoms with Crippen molar-refractivity contribution in [2.75, 3.05) is 12.8 Å². The Kier molecular flexibility index (Phi) is 3.74. The second-order valence-electron chi connectivity index (χ2n) is 4.03. The molecule has 0 spiro atoms. The fraction of sp³-hybridized carbons (Fsp3) is 0.308. The zero-order valence-electron chi connectivity index (χ0n) is 9.99. The van der Waals surface area contributed by atoms with Crippen LogP contribution in [0.5, 0.6) is 0 Å². The quantitative estimate of drug-likeness (QED) is 0.873. The van der Waals surface area contributed by atoms with Crippen LogP contribution in [0.4, 0.5) is 0 Å². The van der Waals surface area contributed by atoms with Gasteiger partial charge in [0.1, 0.15) is 5.69 Å². The van der Waals surface area contributed by atoms with Gasteiger partial charge < -0.3 is 10.3 Å². The highest BCUT2D eigenvalue weighted by molar-refractivity contribution is 7.99. The van der Waals surface area contributed by atoms with Crippen LogP contribution >= 0.6 is 11.8 Å². The first kappa shape index (κ1) is 12.0. The fourth-order valence-electron chi connectivity index (χ4n) is 1.61. The number of H-pyrrole nitrogens is 1. The van der Waals surface area contributed by atoms with Gasteiger partial charge in [-0.05, 0) is 18.4 Å². The van der Waals surface area contributed by atoms with Gasteiger partial charge in [-0.1, -0.05) is 25.1 Å². The third-order valence-corrected chi connectivity index (χ3v) is 3.70. The van der Waals surface area contributed by atoms with Gasteiger partial charge in [0.15, 0.2) is 0 Å². The number of aromatic amines is 1. The van der Waals surface area contributed by atoms with Gasteiger partial charge in [-0.3, -0.25) is 4.79 Å². The zero-order valence-corrected chi connectivity index (χ0v) is 10.8. The lowest BCUT2D eigenvalue weighted by molar-refractivity contribution is 0.0950. The molecule has 0 fully saturated rings. The van der Waals surface area contributed by atoms with E-state index in [1.54, 1.807) is 11.8 Å². The molecule has 1 aromatic carbocycles. The Bertz CT molecular complexity index is 488. The van der Waals surface area contributed by atoms with Gasteiger partial charge in [0.05, 0.1) is 0 Å². The molecule has 1 amide bonds. The number of para-hydroxylation sites is 1. The van der Waals surface area contributed by atoms with E-state index in [0.29, 0.717) is 17.5 Å². The smallest absolute Gasteiger partial charge is 0.267 e. The van der Waals surface area contributed by atoms with Gasteiger partial charge in [-0.25, -0.2) is 0 Å². The molecule has 17 heavy (non-hydrogen) atoms. The number of nitrogens with one attached hydrogen (secondary N) is 2. The molecular formula is C13H16N2OS. The minimum Gasteiger partial charge on any atom is -0.351 e. The molecular weight excluding hydrogens is 232 g/mol. The molecule has 0 radical (unpaired) electrons. The Hall–Kier alpha value is -1.42. The van der Waals surface area contributed by atoms with E-state index >= 15 is 0 Å². The van der Waals surface area contributed by atoms with Crippen molar-refractivity contribution in [1.82, 2.24) is 10.3 Å². The maximum Gasteiger partial charge on any atom is 0.267 e. The average molecular weight is 248 g/mol. The van der Waals surface area contributed by atoms with Crippen LogP contribution in [0.2, 0.25) is 0 Å². The van der Waals surface area contributed by atoms with Crippen LogP contribution in [-0.4, -0.2) is 28.9 Å². The van der Waals surface area contributed by atoms with Gasteiger partial charge in [-0.2, -0.15) is 11.8 Å². The second kappa shape index (κ2) is 5.27. The van der Waals surface area contributed by atoms with E-state index in [1.807, 2.05) is 36.6 Å². The maximum absolute atomic E-state index is 11.9. The monoisotopic (exact) mass is 248 g/mol. The van der Waals surface area contributed by atoms with Crippen molar-refractivity contribution in [3.05, 3.63) is 36.0 Å². The topological polar surface area (TPSA) is 44.9 Å². The van der Waals surface area contributed by atoms with E-state index in [0.717, 1.165) is 10.9 Å². The SMILES string of the molecule is CSC(C)CNC(=O)c1cc2ccccc2[nH]1. The minimum absolute atomic E-state index is 0.0397. The summed E-state index contributed by atoms with van der Waals surface area (Å²) in [6.07, 6.45) is 2.04. The average Bonchev–Trinajstić information content (AvgIpc) is 2.79. The summed E-state index contributed by atoms with van der Waals surface area (Å²) in [6.45, 7) is 2.78.